The molecule has 0 unspecified atom stereocenters. The van der Waals surface area contributed by atoms with E-state index in [0.717, 1.165) is 58.3 Å². The molecule has 3 aromatic rings. The lowest BCUT2D eigenvalue weighted by atomic mass is 10.2. The standard InChI is InChI=1S/C26H30N2O2S/c1-3-5-7-9-19-29-23-15-11-21(12-16-23)25-27-28-26(31-25)22-13-17-24(18-14-22)30-20-10-8-6-4-2/h5-8,11-18H,3-4,9-10,19-20H2,1-2H3/b7-5-,8-6-. The second-order valence-corrected chi connectivity index (χ2v) is 7.97. The van der Waals surface area contributed by atoms with Gasteiger partial charge in [-0.1, -0.05) is 49.5 Å². The van der Waals surface area contributed by atoms with E-state index in [9.17, 15) is 0 Å². The van der Waals surface area contributed by atoms with Crippen LogP contribution < -0.4 is 9.47 Å². The molecule has 0 amide bonds. The number of nitrogens with zero attached hydrogens (tertiary/aromatic N) is 2. The van der Waals surface area contributed by atoms with Crippen molar-refractivity contribution in [2.75, 3.05) is 13.2 Å². The van der Waals surface area contributed by atoms with E-state index in [1.54, 1.807) is 11.3 Å². The van der Waals surface area contributed by atoms with Crippen LogP contribution in [-0.2, 0) is 0 Å². The van der Waals surface area contributed by atoms with Crippen molar-refractivity contribution in [1.29, 1.82) is 0 Å². The first-order valence-electron chi connectivity index (χ1n) is 10.9. The number of hydrogen-bond donors (Lipinski definition) is 0. The van der Waals surface area contributed by atoms with E-state index in [1.165, 1.54) is 0 Å². The van der Waals surface area contributed by atoms with E-state index in [0.29, 0.717) is 13.2 Å². The van der Waals surface area contributed by atoms with Gasteiger partial charge in [0.2, 0.25) is 0 Å². The van der Waals surface area contributed by atoms with Crippen LogP contribution >= 0.6 is 11.3 Å². The van der Waals surface area contributed by atoms with Crippen LogP contribution in [0.4, 0.5) is 0 Å². The van der Waals surface area contributed by atoms with E-state index < -0.39 is 0 Å². The summed E-state index contributed by atoms with van der Waals surface area (Å²) in [5, 5.41) is 10.5. The van der Waals surface area contributed by atoms with Crippen LogP contribution in [0.25, 0.3) is 21.1 Å². The summed E-state index contributed by atoms with van der Waals surface area (Å²) in [5.41, 5.74) is 2.09. The number of aromatic nitrogens is 2. The van der Waals surface area contributed by atoms with Crippen molar-refractivity contribution in [3.63, 3.8) is 0 Å². The zero-order valence-electron chi connectivity index (χ0n) is 18.3. The first-order chi connectivity index (χ1) is 15.3. The predicted molar refractivity (Wildman–Crippen MR) is 130 cm³/mol. The molecule has 0 atom stereocenters. The Bertz CT molecular complexity index is 882. The van der Waals surface area contributed by atoms with Gasteiger partial charge in [-0.05, 0) is 74.2 Å². The molecule has 2 aromatic carbocycles. The van der Waals surface area contributed by atoms with Crippen molar-refractivity contribution in [1.82, 2.24) is 10.2 Å². The maximum absolute atomic E-state index is 5.78. The molecular weight excluding hydrogens is 404 g/mol. The summed E-state index contributed by atoms with van der Waals surface area (Å²) in [6, 6.07) is 16.1. The molecule has 1 heterocycles. The molecule has 4 nitrogen and oxygen atoms in total. The summed E-state index contributed by atoms with van der Waals surface area (Å²) in [5.74, 6) is 1.75. The average molecular weight is 435 g/mol. The van der Waals surface area contributed by atoms with Gasteiger partial charge in [0, 0.05) is 11.1 Å². The number of allylic oxidation sites excluding steroid dienone is 2. The van der Waals surface area contributed by atoms with E-state index in [-0.39, 0.29) is 0 Å². The third-order valence-electron chi connectivity index (χ3n) is 4.54. The highest BCUT2D eigenvalue weighted by atomic mass is 32.1. The number of ether oxygens (including phenoxy) is 2. The Morgan fingerprint density at radius 2 is 1.06 bits per heavy atom. The summed E-state index contributed by atoms with van der Waals surface area (Å²) in [6.45, 7) is 5.64. The zero-order valence-corrected chi connectivity index (χ0v) is 19.1. The lowest BCUT2D eigenvalue weighted by Gasteiger charge is -2.05. The third-order valence-corrected chi connectivity index (χ3v) is 5.56. The van der Waals surface area contributed by atoms with Gasteiger partial charge in [-0.3, -0.25) is 0 Å². The summed E-state index contributed by atoms with van der Waals surface area (Å²) < 4.78 is 11.6. The molecule has 0 spiro atoms. The van der Waals surface area contributed by atoms with Gasteiger partial charge >= 0.3 is 0 Å². The number of hydrogen-bond acceptors (Lipinski definition) is 5. The summed E-state index contributed by atoms with van der Waals surface area (Å²) in [7, 11) is 0. The highest BCUT2D eigenvalue weighted by molar-refractivity contribution is 7.17. The molecule has 162 valence electrons. The first kappa shape index (κ1) is 22.8. The van der Waals surface area contributed by atoms with Gasteiger partial charge < -0.3 is 9.47 Å². The fraction of sp³-hybridized carbons (Fsp3) is 0.308. The van der Waals surface area contributed by atoms with Crippen molar-refractivity contribution < 1.29 is 9.47 Å². The normalized spacial score (nSPS) is 11.4. The van der Waals surface area contributed by atoms with Gasteiger partial charge in [-0.15, -0.1) is 10.2 Å². The molecule has 3 rings (SSSR count). The molecule has 0 saturated heterocycles. The Kier molecular flexibility index (Phi) is 9.32. The Labute approximate surface area is 189 Å². The minimum atomic E-state index is 0.688. The molecule has 1 aromatic heterocycles. The Morgan fingerprint density at radius 3 is 1.45 bits per heavy atom. The second-order valence-electron chi connectivity index (χ2n) is 6.99. The Balaban J connectivity index is 1.54. The first-order valence-corrected chi connectivity index (χ1v) is 11.7. The van der Waals surface area contributed by atoms with Gasteiger partial charge in [0.25, 0.3) is 0 Å². The van der Waals surface area contributed by atoms with Crippen molar-refractivity contribution in [2.24, 2.45) is 0 Å². The number of rotatable bonds is 12. The summed E-state index contributed by atoms with van der Waals surface area (Å²) in [4.78, 5) is 0. The van der Waals surface area contributed by atoms with Crippen molar-refractivity contribution in [2.45, 2.75) is 39.5 Å². The topological polar surface area (TPSA) is 44.2 Å². The molecule has 31 heavy (non-hydrogen) atoms. The van der Waals surface area contributed by atoms with Crippen molar-refractivity contribution >= 4 is 11.3 Å². The second kappa shape index (κ2) is 12.7. The smallest absolute Gasteiger partial charge is 0.148 e. The van der Waals surface area contributed by atoms with Crippen molar-refractivity contribution in [3.05, 3.63) is 72.8 Å². The maximum Gasteiger partial charge on any atom is 0.148 e. The molecule has 0 aliphatic carbocycles. The minimum Gasteiger partial charge on any atom is -0.493 e. The molecule has 0 aliphatic heterocycles. The van der Waals surface area contributed by atoms with Gasteiger partial charge in [0.15, 0.2) is 0 Å². The molecule has 0 bridgehead atoms. The molecule has 0 saturated carbocycles. The fourth-order valence-electron chi connectivity index (χ4n) is 2.90. The predicted octanol–water partition coefficient (Wildman–Crippen LogP) is 7.34. The molecule has 0 radical (unpaired) electrons. The van der Waals surface area contributed by atoms with Gasteiger partial charge in [-0.2, -0.15) is 0 Å². The monoisotopic (exact) mass is 434 g/mol. The molecule has 5 heteroatoms. The molecule has 0 fully saturated rings. The largest absolute Gasteiger partial charge is 0.493 e. The van der Waals surface area contributed by atoms with E-state index in [2.05, 4.69) is 48.3 Å². The van der Waals surface area contributed by atoms with Crippen LogP contribution in [-0.4, -0.2) is 23.4 Å². The van der Waals surface area contributed by atoms with Gasteiger partial charge in [-0.25, -0.2) is 0 Å². The third kappa shape index (κ3) is 7.37. The summed E-state index contributed by atoms with van der Waals surface area (Å²) >= 11 is 1.58. The Morgan fingerprint density at radius 1 is 0.645 bits per heavy atom. The van der Waals surface area contributed by atoms with Crippen LogP contribution in [0, 0.1) is 0 Å². The van der Waals surface area contributed by atoms with Crippen LogP contribution in [0.15, 0.2) is 72.8 Å². The minimum absolute atomic E-state index is 0.688. The summed E-state index contributed by atoms with van der Waals surface area (Å²) in [6.07, 6.45) is 12.6. The highest BCUT2D eigenvalue weighted by Crippen LogP contribution is 2.31. The Hall–Kier alpha value is -2.92. The van der Waals surface area contributed by atoms with E-state index >= 15 is 0 Å². The lowest BCUT2D eigenvalue weighted by Crippen LogP contribution is -1.95. The quantitative estimate of drug-likeness (QED) is 0.221. The van der Waals surface area contributed by atoms with E-state index in [1.807, 2.05) is 48.5 Å². The molecular formula is C26H30N2O2S. The molecule has 0 aliphatic rings. The lowest BCUT2D eigenvalue weighted by molar-refractivity contribution is 0.324. The SMILES string of the molecule is CC/C=C\CCOc1ccc(-c2nnc(-c3ccc(OCC/C=C\CC)cc3)s2)cc1. The van der Waals surface area contributed by atoms with Crippen molar-refractivity contribution in [3.8, 4) is 32.6 Å². The van der Waals surface area contributed by atoms with Crippen LogP contribution in [0.5, 0.6) is 11.5 Å². The fourth-order valence-corrected chi connectivity index (χ4v) is 3.76. The van der Waals surface area contributed by atoms with Crippen LogP contribution in [0.3, 0.4) is 0 Å². The average Bonchev–Trinajstić information content (AvgIpc) is 3.30. The van der Waals surface area contributed by atoms with Gasteiger partial charge in [0.1, 0.15) is 21.5 Å². The van der Waals surface area contributed by atoms with E-state index in [4.69, 9.17) is 9.47 Å². The van der Waals surface area contributed by atoms with Gasteiger partial charge in [0.05, 0.1) is 13.2 Å². The zero-order chi connectivity index (χ0) is 21.7. The number of benzene rings is 2. The van der Waals surface area contributed by atoms with Crippen LogP contribution in [0.1, 0.15) is 39.5 Å². The maximum atomic E-state index is 5.78. The van der Waals surface area contributed by atoms with Crippen LogP contribution in [0.2, 0.25) is 0 Å². The molecule has 0 N–H and O–H groups in total. The highest BCUT2D eigenvalue weighted by Gasteiger charge is 2.09.